The Kier molecular flexibility index (Phi) is 2.83. The molecule has 0 aliphatic carbocycles. The number of nitrogens with zero attached hydrogens (tertiary/aromatic N) is 2. The monoisotopic (exact) mass is 245 g/mol. The number of nitrogens with one attached hydrogen (secondary N) is 1. The standard InChI is InChI=1S/C16H11N3/c17-10-12(9-13-5-3-4-8-18-13)15-11-19-16-7-2-1-6-14(15)16/h1-9,11,19H/b12-9+. The molecule has 0 saturated heterocycles. The van der Waals surface area contributed by atoms with E-state index in [9.17, 15) is 5.26 Å². The number of benzene rings is 1. The van der Waals surface area contributed by atoms with Crippen LogP contribution in [0.5, 0.6) is 0 Å². The van der Waals surface area contributed by atoms with Crippen LogP contribution in [0.25, 0.3) is 22.6 Å². The third-order valence-corrected chi connectivity index (χ3v) is 2.98. The predicted molar refractivity (Wildman–Crippen MR) is 76.0 cm³/mol. The van der Waals surface area contributed by atoms with Crippen LogP contribution in [0.15, 0.2) is 54.9 Å². The zero-order chi connectivity index (χ0) is 13.1. The molecule has 0 spiro atoms. The Morgan fingerprint density at radius 1 is 1.16 bits per heavy atom. The summed E-state index contributed by atoms with van der Waals surface area (Å²) in [6.07, 6.45) is 5.38. The van der Waals surface area contributed by atoms with Crippen LogP contribution in [0, 0.1) is 11.3 Å². The molecule has 1 aromatic carbocycles. The molecule has 90 valence electrons. The number of fused-ring (bicyclic) bond motifs is 1. The van der Waals surface area contributed by atoms with Crippen LogP contribution in [0.1, 0.15) is 11.3 Å². The lowest BCUT2D eigenvalue weighted by atomic mass is 10.0. The molecule has 0 atom stereocenters. The zero-order valence-electron chi connectivity index (χ0n) is 10.2. The van der Waals surface area contributed by atoms with Gasteiger partial charge in [-0.25, -0.2) is 0 Å². The summed E-state index contributed by atoms with van der Waals surface area (Å²) in [4.78, 5) is 7.40. The van der Waals surface area contributed by atoms with E-state index in [1.54, 1.807) is 12.3 Å². The highest BCUT2D eigenvalue weighted by Crippen LogP contribution is 2.25. The maximum absolute atomic E-state index is 9.36. The second-order valence-corrected chi connectivity index (χ2v) is 4.17. The van der Waals surface area contributed by atoms with Gasteiger partial charge in [-0.3, -0.25) is 4.98 Å². The van der Waals surface area contributed by atoms with Crippen molar-refractivity contribution >= 4 is 22.6 Å². The van der Waals surface area contributed by atoms with Crippen LogP contribution in [0.4, 0.5) is 0 Å². The molecule has 3 aromatic rings. The number of hydrogen-bond donors (Lipinski definition) is 1. The average Bonchev–Trinajstić information content (AvgIpc) is 2.90. The fraction of sp³-hybridized carbons (Fsp3) is 0. The van der Waals surface area contributed by atoms with Crippen molar-refractivity contribution in [2.45, 2.75) is 0 Å². The van der Waals surface area contributed by atoms with E-state index in [1.165, 1.54) is 0 Å². The summed E-state index contributed by atoms with van der Waals surface area (Å²) in [5.74, 6) is 0. The molecule has 0 amide bonds. The first kappa shape index (κ1) is 11.2. The number of H-pyrrole nitrogens is 1. The van der Waals surface area contributed by atoms with E-state index >= 15 is 0 Å². The average molecular weight is 245 g/mol. The summed E-state index contributed by atoms with van der Waals surface area (Å²) < 4.78 is 0. The van der Waals surface area contributed by atoms with Crippen molar-refractivity contribution in [1.82, 2.24) is 9.97 Å². The van der Waals surface area contributed by atoms with Gasteiger partial charge in [-0.05, 0) is 24.3 Å². The van der Waals surface area contributed by atoms with Gasteiger partial charge >= 0.3 is 0 Å². The van der Waals surface area contributed by atoms with Gasteiger partial charge in [0.05, 0.1) is 17.3 Å². The summed E-state index contributed by atoms with van der Waals surface area (Å²) >= 11 is 0. The van der Waals surface area contributed by atoms with E-state index in [0.717, 1.165) is 22.2 Å². The molecule has 3 nitrogen and oxygen atoms in total. The highest BCUT2D eigenvalue weighted by Gasteiger charge is 2.07. The highest BCUT2D eigenvalue weighted by molar-refractivity contribution is 6.00. The third-order valence-electron chi connectivity index (χ3n) is 2.98. The van der Waals surface area contributed by atoms with Gasteiger partial charge in [-0.15, -0.1) is 0 Å². The number of allylic oxidation sites excluding steroid dienone is 1. The first-order valence-corrected chi connectivity index (χ1v) is 5.98. The summed E-state index contributed by atoms with van der Waals surface area (Å²) in [5.41, 5.74) is 3.32. The van der Waals surface area contributed by atoms with Crippen LogP contribution in [0.2, 0.25) is 0 Å². The molecule has 0 aliphatic rings. The van der Waals surface area contributed by atoms with Crippen LogP contribution >= 0.6 is 0 Å². The number of para-hydroxylation sites is 1. The Hall–Kier alpha value is -2.86. The molecular formula is C16H11N3. The topological polar surface area (TPSA) is 52.5 Å². The summed E-state index contributed by atoms with van der Waals surface area (Å²) in [6.45, 7) is 0. The smallest absolute Gasteiger partial charge is 0.0999 e. The predicted octanol–water partition coefficient (Wildman–Crippen LogP) is 3.63. The minimum atomic E-state index is 0.608. The van der Waals surface area contributed by atoms with E-state index in [-0.39, 0.29) is 0 Å². The fourth-order valence-electron chi connectivity index (χ4n) is 2.07. The molecule has 2 heterocycles. The van der Waals surface area contributed by atoms with Gasteiger partial charge in [0.1, 0.15) is 0 Å². The van der Waals surface area contributed by atoms with Crippen molar-refractivity contribution in [3.63, 3.8) is 0 Å². The van der Waals surface area contributed by atoms with E-state index in [2.05, 4.69) is 16.0 Å². The fourth-order valence-corrected chi connectivity index (χ4v) is 2.07. The Labute approximate surface area is 110 Å². The number of aromatic nitrogens is 2. The van der Waals surface area contributed by atoms with E-state index < -0.39 is 0 Å². The van der Waals surface area contributed by atoms with Gasteiger partial charge < -0.3 is 4.98 Å². The molecular weight excluding hydrogens is 234 g/mol. The van der Waals surface area contributed by atoms with Crippen LogP contribution < -0.4 is 0 Å². The number of rotatable bonds is 2. The Bertz CT molecular complexity index is 776. The van der Waals surface area contributed by atoms with Gasteiger partial charge in [-0.1, -0.05) is 24.3 Å². The molecule has 2 aromatic heterocycles. The van der Waals surface area contributed by atoms with Crippen molar-refractivity contribution in [2.24, 2.45) is 0 Å². The Morgan fingerprint density at radius 3 is 2.79 bits per heavy atom. The normalized spacial score (nSPS) is 11.4. The molecule has 0 bridgehead atoms. The molecule has 3 heteroatoms. The lowest BCUT2D eigenvalue weighted by Crippen LogP contribution is -1.82. The molecule has 0 radical (unpaired) electrons. The summed E-state index contributed by atoms with van der Waals surface area (Å²) in [6, 6.07) is 15.8. The molecule has 0 unspecified atom stereocenters. The van der Waals surface area contributed by atoms with E-state index in [4.69, 9.17) is 0 Å². The van der Waals surface area contributed by atoms with Gasteiger partial charge in [0.25, 0.3) is 0 Å². The summed E-state index contributed by atoms with van der Waals surface area (Å²) in [5, 5.41) is 10.4. The number of aromatic amines is 1. The molecule has 0 saturated carbocycles. The lowest BCUT2D eigenvalue weighted by molar-refractivity contribution is 1.30. The van der Waals surface area contributed by atoms with Crippen molar-refractivity contribution < 1.29 is 0 Å². The number of hydrogen-bond acceptors (Lipinski definition) is 2. The SMILES string of the molecule is N#C/C(=C\c1ccccn1)c1c[nH]c2ccccc12. The van der Waals surface area contributed by atoms with Crippen LogP contribution in [-0.2, 0) is 0 Å². The third kappa shape index (κ3) is 2.12. The first-order chi connectivity index (χ1) is 9.38. The van der Waals surface area contributed by atoms with E-state index in [1.807, 2.05) is 48.7 Å². The van der Waals surface area contributed by atoms with E-state index in [0.29, 0.717) is 5.57 Å². The lowest BCUT2D eigenvalue weighted by Gasteiger charge is -1.97. The molecule has 3 rings (SSSR count). The maximum Gasteiger partial charge on any atom is 0.0999 e. The van der Waals surface area contributed by atoms with Crippen molar-refractivity contribution in [3.05, 3.63) is 66.1 Å². The minimum Gasteiger partial charge on any atom is -0.361 e. The Morgan fingerprint density at radius 2 is 2.00 bits per heavy atom. The minimum absolute atomic E-state index is 0.608. The quantitative estimate of drug-likeness (QED) is 0.701. The van der Waals surface area contributed by atoms with Crippen LogP contribution in [-0.4, -0.2) is 9.97 Å². The molecule has 1 N–H and O–H groups in total. The van der Waals surface area contributed by atoms with Gasteiger partial charge in [0.15, 0.2) is 0 Å². The number of nitriles is 1. The zero-order valence-corrected chi connectivity index (χ0v) is 10.2. The second-order valence-electron chi connectivity index (χ2n) is 4.17. The van der Waals surface area contributed by atoms with Crippen molar-refractivity contribution in [1.29, 1.82) is 5.26 Å². The molecule has 19 heavy (non-hydrogen) atoms. The van der Waals surface area contributed by atoms with Crippen molar-refractivity contribution in [3.8, 4) is 6.07 Å². The highest BCUT2D eigenvalue weighted by atomic mass is 14.7. The second kappa shape index (κ2) is 4.79. The number of pyridine rings is 1. The summed E-state index contributed by atoms with van der Waals surface area (Å²) in [7, 11) is 0. The van der Waals surface area contributed by atoms with Gasteiger partial charge in [0.2, 0.25) is 0 Å². The Balaban J connectivity index is 2.14. The molecule has 0 fully saturated rings. The maximum atomic E-state index is 9.36. The van der Waals surface area contributed by atoms with Gasteiger partial charge in [-0.2, -0.15) is 5.26 Å². The first-order valence-electron chi connectivity index (χ1n) is 5.98. The van der Waals surface area contributed by atoms with Crippen LogP contribution in [0.3, 0.4) is 0 Å². The largest absolute Gasteiger partial charge is 0.361 e. The van der Waals surface area contributed by atoms with Crippen molar-refractivity contribution in [2.75, 3.05) is 0 Å². The molecule has 0 aliphatic heterocycles. The van der Waals surface area contributed by atoms with Gasteiger partial charge in [0, 0.05) is 28.9 Å².